The van der Waals surface area contributed by atoms with E-state index in [2.05, 4.69) is 0 Å². The molecule has 1 aliphatic heterocycles. The molecule has 5 atom stereocenters. The molecule has 1 saturated heterocycles. The molecule has 0 spiro atoms. The molecule has 11 heteroatoms. The number of aryl methyl sites for hydroxylation is 1. The van der Waals surface area contributed by atoms with E-state index >= 15 is 0 Å². The van der Waals surface area contributed by atoms with Gasteiger partial charge in [0.05, 0.1) is 6.61 Å². The Balaban J connectivity index is 2.22. The largest absolute Gasteiger partial charge is 0.492 e. The van der Waals surface area contributed by atoms with Crippen LogP contribution in [0.1, 0.15) is 33.3 Å². The van der Waals surface area contributed by atoms with Crippen LogP contribution in [0.25, 0.3) is 0 Å². The molecule has 1 heterocycles. The molecule has 1 aromatic carbocycles. The van der Waals surface area contributed by atoms with E-state index in [1.165, 1.54) is 39.5 Å². The summed E-state index contributed by atoms with van der Waals surface area (Å²) in [6.07, 6.45) is -4.37. The van der Waals surface area contributed by atoms with Gasteiger partial charge in [-0.05, 0) is 18.6 Å². The van der Waals surface area contributed by atoms with Crippen molar-refractivity contribution < 1.29 is 47.6 Å². The van der Waals surface area contributed by atoms with Crippen LogP contribution in [-0.4, -0.2) is 72.7 Å². The zero-order valence-electron chi connectivity index (χ0n) is 19.8. The van der Waals surface area contributed by atoms with Gasteiger partial charge in [0, 0.05) is 33.4 Å². The molecule has 0 bridgehead atoms. The first-order valence-corrected chi connectivity index (χ1v) is 11.7. The SMILES string of the molecule is CC(=O)OC[C@@H]1O[C@H](SCCOc2ccccc2C)[C@H](OC(C)=O)[C@@H](OC(C)=O)[C@@H]1OC(C)=O. The van der Waals surface area contributed by atoms with Crippen molar-refractivity contribution in [1.29, 1.82) is 0 Å². The molecule has 0 radical (unpaired) electrons. The van der Waals surface area contributed by atoms with Gasteiger partial charge in [-0.15, -0.1) is 11.8 Å². The minimum atomic E-state index is -1.17. The molecule has 0 aromatic heterocycles. The molecule has 34 heavy (non-hydrogen) atoms. The highest BCUT2D eigenvalue weighted by Gasteiger charge is 2.52. The van der Waals surface area contributed by atoms with E-state index in [1.54, 1.807) is 0 Å². The standard InChI is InChI=1S/C23H30O10S/c1-13-8-6-7-9-18(13)28-10-11-34-23-22(32-17(5)27)21(31-16(4)26)20(30-15(3)25)19(33-23)12-29-14(2)24/h6-9,19-23H,10-12H2,1-5H3/t19-,20+,21-,22+,23+/m0/s1. The lowest BCUT2D eigenvalue weighted by Gasteiger charge is -2.44. The van der Waals surface area contributed by atoms with E-state index in [1.807, 2.05) is 31.2 Å². The summed E-state index contributed by atoms with van der Waals surface area (Å²) in [5.74, 6) is -1.36. The normalized spacial score (nSPS) is 24.0. The van der Waals surface area contributed by atoms with Gasteiger partial charge in [0.1, 0.15) is 23.9 Å². The highest BCUT2D eigenvalue weighted by Crippen LogP contribution is 2.34. The summed E-state index contributed by atoms with van der Waals surface area (Å²) in [5.41, 5.74) is 0.167. The fourth-order valence-corrected chi connectivity index (χ4v) is 4.39. The van der Waals surface area contributed by atoms with Crippen LogP contribution in [0.15, 0.2) is 24.3 Å². The van der Waals surface area contributed by atoms with Gasteiger partial charge in [-0.2, -0.15) is 0 Å². The first-order chi connectivity index (χ1) is 16.1. The molecule has 1 aromatic rings. The maximum absolute atomic E-state index is 11.8. The molecule has 1 fully saturated rings. The first kappa shape index (κ1) is 27.5. The fourth-order valence-electron chi connectivity index (χ4n) is 3.36. The Hall–Kier alpha value is -2.79. The van der Waals surface area contributed by atoms with Crippen LogP contribution in [0, 0.1) is 6.92 Å². The maximum Gasteiger partial charge on any atom is 0.303 e. The summed E-state index contributed by atoms with van der Waals surface area (Å²) in [7, 11) is 0. The summed E-state index contributed by atoms with van der Waals surface area (Å²) in [4.78, 5) is 46.8. The Bertz CT molecular complexity index is 873. The zero-order valence-corrected chi connectivity index (χ0v) is 20.6. The second kappa shape index (κ2) is 13.2. The molecule has 0 unspecified atom stereocenters. The number of hydrogen-bond donors (Lipinski definition) is 0. The number of benzene rings is 1. The van der Waals surface area contributed by atoms with Crippen molar-refractivity contribution in [2.75, 3.05) is 19.0 Å². The lowest BCUT2D eigenvalue weighted by atomic mass is 9.99. The van der Waals surface area contributed by atoms with Gasteiger partial charge in [-0.3, -0.25) is 19.2 Å². The van der Waals surface area contributed by atoms with Crippen molar-refractivity contribution in [3.05, 3.63) is 29.8 Å². The predicted molar refractivity (Wildman–Crippen MR) is 121 cm³/mol. The molecule has 1 aliphatic rings. The molecule has 2 rings (SSSR count). The summed E-state index contributed by atoms with van der Waals surface area (Å²) >= 11 is 1.27. The van der Waals surface area contributed by atoms with Gasteiger partial charge < -0.3 is 28.4 Å². The van der Waals surface area contributed by atoms with Crippen LogP contribution in [0.2, 0.25) is 0 Å². The second-order valence-electron chi connectivity index (χ2n) is 7.55. The number of ether oxygens (including phenoxy) is 6. The van der Waals surface area contributed by atoms with Crippen LogP contribution >= 0.6 is 11.8 Å². The van der Waals surface area contributed by atoms with Crippen LogP contribution in [-0.2, 0) is 42.9 Å². The third kappa shape index (κ3) is 8.53. The van der Waals surface area contributed by atoms with Crippen molar-refractivity contribution in [3.8, 4) is 5.75 Å². The molecule has 0 amide bonds. The number of carbonyl (C=O) groups is 4. The maximum atomic E-state index is 11.8. The Morgan fingerprint density at radius 3 is 2.03 bits per heavy atom. The van der Waals surface area contributed by atoms with Gasteiger partial charge in [-0.25, -0.2) is 0 Å². The Labute approximate surface area is 202 Å². The lowest BCUT2D eigenvalue weighted by molar-refractivity contribution is -0.237. The quantitative estimate of drug-likeness (QED) is 0.268. The Morgan fingerprint density at radius 2 is 1.44 bits per heavy atom. The number of hydrogen-bond acceptors (Lipinski definition) is 11. The number of thioether (sulfide) groups is 1. The van der Waals surface area contributed by atoms with Crippen LogP contribution in [0.5, 0.6) is 5.75 Å². The number of rotatable bonds is 10. The topological polar surface area (TPSA) is 124 Å². The molecule has 0 N–H and O–H groups in total. The molecule has 10 nitrogen and oxygen atoms in total. The third-order valence-electron chi connectivity index (χ3n) is 4.66. The van der Waals surface area contributed by atoms with Crippen LogP contribution in [0.3, 0.4) is 0 Å². The van der Waals surface area contributed by atoms with E-state index in [-0.39, 0.29) is 6.61 Å². The minimum Gasteiger partial charge on any atom is -0.492 e. The smallest absolute Gasteiger partial charge is 0.303 e. The third-order valence-corrected chi connectivity index (χ3v) is 5.78. The van der Waals surface area contributed by atoms with Gasteiger partial charge in [0.15, 0.2) is 18.3 Å². The van der Waals surface area contributed by atoms with Gasteiger partial charge >= 0.3 is 23.9 Å². The summed E-state index contributed by atoms with van der Waals surface area (Å²) in [6, 6.07) is 7.57. The molecule has 0 saturated carbocycles. The number of carbonyl (C=O) groups excluding carboxylic acids is 4. The molecular weight excluding hydrogens is 468 g/mol. The van der Waals surface area contributed by atoms with Crippen molar-refractivity contribution in [2.24, 2.45) is 0 Å². The Kier molecular flexibility index (Phi) is 10.6. The molecule has 188 valence electrons. The first-order valence-electron chi connectivity index (χ1n) is 10.7. The van der Waals surface area contributed by atoms with E-state index in [4.69, 9.17) is 28.4 Å². The van der Waals surface area contributed by atoms with Gasteiger partial charge in [0.2, 0.25) is 0 Å². The van der Waals surface area contributed by atoms with E-state index in [0.717, 1.165) is 11.3 Å². The van der Waals surface area contributed by atoms with Crippen molar-refractivity contribution in [1.82, 2.24) is 0 Å². The lowest BCUT2D eigenvalue weighted by Crippen LogP contribution is -2.61. The van der Waals surface area contributed by atoms with Crippen LogP contribution < -0.4 is 4.74 Å². The Morgan fingerprint density at radius 1 is 0.853 bits per heavy atom. The average Bonchev–Trinajstić information content (AvgIpc) is 2.73. The number of para-hydroxylation sites is 1. The summed E-state index contributed by atoms with van der Waals surface area (Å²) in [6.45, 7) is 6.80. The highest BCUT2D eigenvalue weighted by molar-refractivity contribution is 7.99. The highest BCUT2D eigenvalue weighted by atomic mass is 32.2. The van der Waals surface area contributed by atoms with Crippen LogP contribution in [0.4, 0.5) is 0 Å². The van der Waals surface area contributed by atoms with Gasteiger partial charge in [0.25, 0.3) is 0 Å². The zero-order chi connectivity index (χ0) is 25.3. The van der Waals surface area contributed by atoms with Gasteiger partial charge in [-0.1, -0.05) is 18.2 Å². The summed E-state index contributed by atoms with van der Waals surface area (Å²) < 4.78 is 33.1. The number of esters is 4. The predicted octanol–water partition coefficient (Wildman–Crippen LogP) is 2.19. The second-order valence-corrected chi connectivity index (χ2v) is 8.76. The van der Waals surface area contributed by atoms with Crippen molar-refractivity contribution in [2.45, 2.75) is 64.5 Å². The average molecular weight is 499 g/mol. The van der Waals surface area contributed by atoms with E-state index in [0.29, 0.717) is 12.4 Å². The van der Waals surface area contributed by atoms with Crippen molar-refractivity contribution in [3.63, 3.8) is 0 Å². The van der Waals surface area contributed by atoms with E-state index < -0.39 is 53.7 Å². The van der Waals surface area contributed by atoms with Crippen molar-refractivity contribution >= 4 is 35.6 Å². The fraction of sp³-hybridized carbons (Fsp3) is 0.565. The molecular formula is C23H30O10S. The summed E-state index contributed by atoms with van der Waals surface area (Å²) in [5, 5.41) is 0. The monoisotopic (exact) mass is 498 g/mol. The molecule has 0 aliphatic carbocycles. The minimum absolute atomic E-state index is 0.255. The van der Waals surface area contributed by atoms with E-state index in [9.17, 15) is 19.2 Å².